The summed E-state index contributed by atoms with van der Waals surface area (Å²) in [6, 6.07) is 10.4. The van der Waals surface area contributed by atoms with Crippen molar-refractivity contribution in [3.63, 3.8) is 0 Å². The number of esters is 1. The Bertz CT molecular complexity index is 893. The number of ether oxygens (including phenoxy) is 4. The van der Waals surface area contributed by atoms with Crippen molar-refractivity contribution in [2.45, 2.75) is 39.8 Å². The van der Waals surface area contributed by atoms with E-state index in [1.807, 2.05) is 26.0 Å². The summed E-state index contributed by atoms with van der Waals surface area (Å²) < 4.78 is 22.0. The van der Waals surface area contributed by atoms with Gasteiger partial charge in [-0.3, -0.25) is 4.79 Å². The molecule has 1 N–H and O–H groups in total. The van der Waals surface area contributed by atoms with E-state index in [0.29, 0.717) is 31.1 Å². The Hall–Kier alpha value is -3.22. The molecule has 1 aliphatic heterocycles. The molecule has 0 saturated carbocycles. The normalized spacial score (nSPS) is 14.4. The lowest BCUT2D eigenvalue weighted by atomic mass is 10.1. The predicted molar refractivity (Wildman–Crippen MR) is 111 cm³/mol. The van der Waals surface area contributed by atoms with E-state index < -0.39 is 0 Å². The van der Waals surface area contributed by atoms with Crippen LogP contribution in [0.25, 0.3) is 0 Å². The van der Waals surface area contributed by atoms with Crippen molar-refractivity contribution < 1.29 is 28.5 Å². The number of rotatable bonds is 9. The summed E-state index contributed by atoms with van der Waals surface area (Å²) in [7, 11) is 0. The fourth-order valence-corrected chi connectivity index (χ4v) is 3.20. The maximum Gasteiger partial charge on any atom is 0.338 e. The van der Waals surface area contributed by atoms with Gasteiger partial charge in [0.1, 0.15) is 23.4 Å². The van der Waals surface area contributed by atoms with Crippen LogP contribution in [0.1, 0.15) is 42.3 Å². The van der Waals surface area contributed by atoms with Crippen LogP contribution < -0.4 is 19.5 Å². The van der Waals surface area contributed by atoms with Gasteiger partial charge < -0.3 is 24.3 Å². The average molecular weight is 413 g/mol. The van der Waals surface area contributed by atoms with Gasteiger partial charge in [-0.2, -0.15) is 0 Å². The molecule has 0 unspecified atom stereocenters. The monoisotopic (exact) mass is 413 g/mol. The zero-order chi connectivity index (χ0) is 21.5. The fourth-order valence-electron chi connectivity index (χ4n) is 3.20. The summed E-state index contributed by atoms with van der Waals surface area (Å²) in [4.78, 5) is 23.9. The van der Waals surface area contributed by atoms with Crippen LogP contribution in [-0.2, 0) is 22.5 Å². The van der Waals surface area contributed by atoms with Gasteiger partial charge in [-0.25, -0.2) is 4.79 Å². The largest absolute Gasteiger partial charge is 0.494 e. The van der Waals surface area contributed by atoms with E-state index in [1.165, 1.54) is 0 Å². The Morgan fingerprint density at radius 2 is 1.87 bits per heavy atom. The molecule has 0 saturated heterocycles. The highest BCUT2D eigenvalue weighted by Crippen LogP contribution is 2.35. The van der Waals surface area contributed by atoms with E-state index in [2.05, 4.69) is 5.32 Å². The molecule has 0 aliphatic carbocycles. The molecule has 1 amide bonds. The highest BCUT2D eigenvalue weighted by Gasteiger charge is 2.22. The summed E-state index contributed by atoms with van der Waals surface area (Å²) in [5, 5.41) is 2.84. The van der Waals surface area contributed by atoms with Crippen molar-refractivity contribution in [1.82, 2.24) is 5.32 Å². The molecule has 0 spiro atoms. The first-order chi connectivity index (χ1) is 14.5. The number of carbonyl (C=O) groups excluding carboxylic acids is 2. The number of benzene rings is 2. The van der Waals surface area contributed by atoms with E-state index in [-0.39, 0.29) is 24.6 Å². The maximum atomic E-state index is 12.2. The standard InChI is InChI=1S/C23H27NO6/c1-4-27-20-11-17-10-15(3)30-21(17)12-18(20)13-24-22(25)14-29-19-8-6-16(7-9-19)23(26)28-5-2/h6-9,11-12,15H,4-5,10,13-14H2,1-3H3,(H,24,25)/t15-/m0/s1. The average Bonchev–Trinajstić information content (AvgIpc) is 3.10. The Morgan fingerprint density at radius 3 is 2.57 bits per heavy atom. The quantitative estimate of drug-likeness (QED) is 0.636. The summed E-state index contributed by atoms with van der Waals surface area (Å²) in [6.45, 7) is 6.74. The van der Waals surface area contributed by atoms with Crippen molar-refractivity contribution in [3.05, 3.63) is 53.1 Å². The molecule has 3 rings (SSSR count). The van der Waals surface area contributed by atoms with Gasteiger partial charge in [-0.15, -0.1) is 0 Å². The zero-order valence-electron chi connectivity index (χ0n) is 17.5. The minimum absolute atomic E-state index is 0.138. The van der Waals surface area contributed by atoms with E-state index in [0.717, 1.165) is 29.0 Å². The van der Waals surface area contributed by atoms with Gasteiger partial charge in [0.25, 0.3) is 5.91 Å². The van der Waals surface area contributed by atoms with Gasteiger partial charge in [0, 0.05) is 24.1 Å². The number of carbonyl (C=O) groups is 2. The first kappa shape index (κ1) is 21.5. The van der Waals surface area contributed by atoms with Crippen molar-refractivity contribution >= 4 is 11.9 Å². The van der Waals surface area contributed by atoms with Crippen molar-refractivity contribution in [3.8, 4) is 17.2 Å². The number of nitrogens with one attached hydrogen (secondary N) is 1. The zero-order valence-corrected chi connectivity index (χ0v) is 17.5. The van der Waals surface area contributed by atoms with Crippen molar-refractivity contribution in [2.75, 3.05) is 19.8 Å². The molecule has 1 atom stereocenters. The van der Waals surface area contributed by atoms with Crippen LogP contribution in [0.5, 0.6) is 17.2 Å². The SMILES string of the molecule is CCOC(=O)c1ccc(OCC(=O)NCc2cc3c(cc2OCC)C[C@H](C)O3)cc1. The number of fused-ring (bicyclic) bond motifs is 1. The number of amides is 1. The minimum atomic E-state index is -0.389. The first-order valence-electron chi connectivity index (χ1n) is 10.1. The molecule has 1 aliphatic rings. The topological polar surface area (TPSA) is 83.1 Å². The van der Waals surface area contributed by atoms with Gasteiger partial charge in [0.2, 0.25) is 0 Å². The second-order valence-corrected chi connectivity index (χ2v) is 6.94. The molecule has 0 radical (unpaired) electrons. The smallest absolute Gasteiger partial charge is 0.338 e. The van der Waals surface area contributed by atoms with Crippen molar-refractivity contribution in [1.29, 1.82) is 0 Å². The van der Waals surface area contributed by atoms with Gasteiger partial charge in [0.05, 0.1) is 18.8 Å². The molecule has 160 valence electrons. The second-order valence-electron chi connectivity index (χ2n) is 6.94. The van der Waals surface area contributed by atoms with Gasteiger partial charge >= 0.3 is 5.97 Å². The van der Waals surface area contributed by atoms with Crippen LogP contribution in [0, 0.1) is 0 Å². The second kappa shape index (κ2) is 10.0. The molecule has 2 aromatic rings. The van der Waals surface area contributed by atoms with E-state index >= 15 is 0 Å². The van der Waals surface area contributed by atoms with Crippen LogP contribution in [0.15, 0.2) is 36.4 Å². The maximum absolute atomic E-state index is 12.2. The third-order valence-corrected chi connectivity index (χ3v) is 4.59. The molecule has 0 bridgehead atoms. The Balaban J connectivity index is 1.53. The lowest BCUT2D eigenvalue weighted by Crippen LogP contribution is -2.28. The predicted octanol–water partition coefficient (Wildman–Crippen LogP) is 3.28. The highest BCUT2D eigenvalue weighted by atomic mass is 16.5. The molecule has 0 aromatic heterocycles. The number of hydrogen-bond donors (Lipinski definition) is 1. The van der Waals surface area contributed by atoms with Crippen LogP contribution in [0.4, 0.5) is 0 Å². The molecule has 0 fully saturated rings. The van der Waals surface area contributed by atoms with Gasteiger partial charge in [-0.1, -0.05) is 0 Å². The molecule has 30 heavy (non-hydrogen) atoms. The summed E-state index contributed by atoms with van der Waals surface area (Å²) in [6.07, 6.45) is 0.994. The molecule has 1 heterocycles. The van der Waals surface area contributed by atoms with Crippen LogP contribution in [0.2, 0.25) is 0 Å². The molecular formula is C23H27NO6. The van der Waals surface area contributed by atoms with Crippen LogP contribution in [0.3, 0.4) is 0 Å². The highest BCUT2D eigenvalue weighted by molar-refractivity contribution is 5.89. The first-order valence-corrected chi connectivity index (χ1v) is 10.1. The molecule has 2 aromatic carbocycles. The van der Waals surface area contributed by atoms with E-state index in [9.17, 15) is 9.59 Å². The Labute approximate surface area is 176 Å². The lowest BCUT2D eigenvalue weighted by Gasteiger charge is -2.13. The van der Waals surface area contributed by atoms with E-state index in [4.69, 9.17) is 18.9 Å². The van der Waals surface area contributed by atoms with Crippen LogP contribution in [-0.4, -0.2) is 37.8 Å². The summed E-state index contributed by atoms with van der Waals surface area (Å²) in [5.74, 6) is 1.44. The molecular weight excluding hydrogens is 386 g/mol. The minimum Gasteiger partial charge on any atom is -0.494 e. The van der Waals surface area contributed by atoms with Gasteiger partial charge in [0.15, 0.2) is 6.61 Å². The number of hydrogen-bond acceptors (Lipinski definition) is 6. The molecule has 7 heteroatoms. The van der Waals surface area contributed by atoms with Gasteiger partial charge in [-0.05, 0) is 57.2 Å². The van der Waals surface area contributed by atoms with Crippen LogP contribution >= 0.6 is 0 Å². The summed E-state index contributed by atoms with van der Waals surface area (Å²) in [5.41, 5.74) is 2.41. The Kier molecular flexibility index (Phi) is 7.17. The lowest BCUT2D eigenvalue weighted by molar-refractivity contribution is -0.123. The Morgan fingerprint density at radius 1 is 1.10 bits per heavy atom. The summed E-state index contributed by atoms with van der Waals surface area (Å²) >= 11 is 0. The van der Waals surface area contributed by atoms with Crippen molar-refractivity contribution in [2.24, 2.45) is 0 Å². The van der Waals surface area contributed by atoms with E-state index in [1.54, 1.807) is 31.2 Å². The fraction of sp³-hybridized carbons (Fsp3) is 0.391. The third-order valence-electron chi connectivity index (χ3n) is 4.59. The molecule has 7 nitrogen and oxygen atoms in total. The third kappa shape index (κ3) is 5.43.